The van der Waals surface area contributed by atoms with Gasteiger partial charge in [-0.25, -0.2) is 9.97 Å². The largest absolute Gasteiger partial charge is 0.340 e. The molecule has 5 nitrogen and oxygen atoms in total. The van der Waals surface area contributed by atoms with Crippen LogP contribution in [0.1, 0.15) is 35.7 Å². The van der Waals surface area contributed by atoms with Gasteiger partial charge in [-0.2, -0.15) is 5.26 Å². The van der Waals surface area contributed by atoms with E-state index < -0.39 is 0 Å². The van der Waals surface area contributed by atoms with Crippen LogP contribution in [0, 0.1) is 25.2 Å². The lowest BCUT2D eigenvalue weighted by molar-refractivity contribution is 0.289. The van der Waals surface area contributed by atoms with Gasteiger partial charge in [0.25, 0.3) is 0 Å². The Morgan fingerprint density at radius 2 is 1.81 bits per heavy atom. The number of hydrogen-bond donors (Lipinski definition) is 1. The highest BCUT2D eigenvalue weighted by Gasteiger charge is 2.16. The normalized spacial score (nSPS) is 11.1. The molecule has 0 radical (unpaired) electrons. The van der Waals surface area contributed by atoms with Crippen LogP contribution < -0.4 is 5.32 Å². The molecular weight excluding hydrogens is 354 g/mol. The molecule has 0 fully saturated rings. The van der Waals surface area contributed by atoms with Crippen LogP contribution in [-0.2, 0) is 13.0 Å². The fourth-order valence-electron chi connectivity index (χ4n) is 3.04. The lowest BCUT2D eigenvalue weighted by Crippen LogP contribution is -2.23. The van der Waals surface area contributed by atoms with E-state index in [4.69, 9.17) is 15.2 Å². The van der Waals surface area contributed by atoms with E-state index in [0.717, 1.165) is 52.7 Å². The first kappa shape index (κ1) is 19.3. The molecule has 0 aliphatic rings. The molecule has 0 saturated heterocycles. The summed E-state index contributed by atoms with van der Waals surface area (Å²) in [6.45, 7) is 11.3. The fraction of sp³-hybridized carbons (Fsp3) is 0.381. The van der Waals surface area contributed by atoms with Crippen molar-refractivity contribution in [1.29, 1.82) is 5.26 Å². The van der Waals surface area contributed by atoms with Crippen LogP contribution >= 0.6 is 11.3 Å². The highest BCUT2D eigenvalue weighted by atomic mass is 32.1. The number of thiophene rings is 1. The van der Waals surface area contributed by atoms with Crippen molar-refractivity contribution in [3.8, 4) is 6.07 Å². The Morgan fingerprint density at radius 3 is 2.44 bits per heavy atom. The van der Waals surface area contributed by atoms with Crippen molar-refractivity contribution in [2.75, 3.05) is 18.4 Å². The molecular formula is C21H25N5S. The van der Waals surface area contributed by atoms with Gasteiger partial charge in [-0.15, -0.1) is 11.3 Å². The van der Waals surface area contributed by atoms with Crippen LogP contribution in [0.15, 0.2) is 24.3 Å². The first-order valence-corrected chi connectivity index (χ1v) is 10.1. The lowest BCUT2D eigenvalue weighted by Gasteiger charge is -2.17. The van der Waals surface area contributed by atoms with Gasteiger partial charge in [-0.1, -0.05) is 26.0 Å². The quantitative estimate of drug-likeness (QED) is 0.628. The fourth-order valence-corrected chi connectivity index (χ4v) is 4.08. The van der Waals surface area contributed by atoms with Gasteiger partial charge in [0, 0.05) is 10.6 Å². The van der Waals surface area contributed by atoms with E-state index in [1.165, 1.54) is 10.4 Å². The number of aryl methyl sites for hydroxylation is 2. The van der Waals surface area contributed by atoms with Crippen LogP contribution in [0.5, 0.6) is 0 Å². The molecule has 1 N–H and O–H groups in total. The zero-order valence-corrected chi connectivity index (χ0v) is 17.2. The molecule has 6 heteroatoms. The van der Waals surface area contributed by atoms with Crippen LogP contribution in [0.25, 0.3) is 10.2 Å². The van der Waals surface area contributed by atoms with E-state index >= 15 is 0 Å². The second kappa shape index (κ2) is 8.47. The van der Waals surface area contributed by atoms with Crippen molar-refractivity contribution in [2.24, 2.45) is 0 Å². The maximum absolute atomic E-state index is 8.83. The summed E-state index contributed by atoms with van der Waals surface area (Å²) in [4.78, 5) is 14.3. The number of hydrogen-bond acceptors (Lipinski definition) is 6. The zero-order chi connectivity index (χ0) is 19.4. The van der Waals surface area contributed by atoms with Gasteiger partial charge in [0.2, 0.25) is 0 Å². The van der Waals surface area contributed by atoms with E-state index in [-0.39, 0.29) is 0 Å². The standard InChI is InChI=1S/C21H25N5S/c1-5-26(6-2)13-18-24-20(19-14(3)15(4)27-21(19)25-18)23-17-9-7-16(8-10-17)11-12-22/h7-10H,5-6,11,13H2,1-4H3,(H,23,24,25). The van der Waals surface area contributed by atoms with Crippen molar-refractivity contribution in [3.05, 3.63) is 46.1 Å². The second-order valence-electron chi connectivity index (χ2n) is 6.57. The van der Waals surface area contributed by atoms with Crippen molar-refractivity contribution >= 4 is 33.1 Å². The average Bonchev–Trinajstić information content (AvgIpc) is 2.95. The molecule has 140 valence electrons. The van der Waals surface area contributed by atoms with Gasteiger partial charge in [0.15, 0.2) is 0 Å². The van der Waals surface area contributed by atoms with Crippen molar-refractivity contribution in [3.63, 3.8) is 0 Å². The third kappa shape index (κ3) is 4.26. The molecule has 0 unspecified atom stereocenters. The number of rotatable bonds is 7. The molecule has 0 aliphatic carbocycles. The van der Waals surface area contributed by atoms with E-state index in [9.17, 15) is 0 Å². The number of anilines is 2. The molecule has 3 rings (SSSR count). The number of fused-ring (bicyclic) bond motifs is 1. The van der Waals surface area contributed by atoms with Gasteiger partial charge in [0.05, 0.1) is 24.4 Å². The summed E-state index contributed by atoms with van der Waals surface area (Å²) in [5, 5.41) is 13.4. The summed E-state index contributed by atoms with van der Waals surface area (Å²) in [6, 6.07) is 10.1. The summed E-state index contributed by atoms with van der Waals surface area (Å²) in [5.41, 5.74) is 3.21. The molecule has 0 atom stereocenters. The smallest absolute Gasteiger partial charge is 0.146 e. The van der Waals surface area contributed by atoms with Crippen LogP contribution in [0.2, 0.25) is 0 Å². The molecule has 3 aromatic rings. The van der Waals surface area contributed by atoms with Gasteiger partial charge >= 0.3 is 0 Å². The summed E-state index contributed by atoms with van der Waals surface area (Å²) in [6.07, 6.45) is 0.425. The summed E-state index contributed by atoms with van der Waals surface area (Å²) >= 11 is 1.72. The second-order valence-corrected chi connectivity index (χ2v) is 7.77. The van der Waals surface area contributed by atoms with E-state index in [2.05, 4.69) is 44.0 Å². The number of nitrogens with zero attached hydrogens (tertiary/aromatic N) is 4. The predicted octanol–water partition coefficient (Wildman–Crippen LogP) is 4.96. The molecule has 1 aromatic carbocycles. The lowest BCUT2D eigenvalue weighted by atomic mass is 10.1. The summed E-state index contributed by atoms with van der Waals surface area (Å²) in [7, 11) is 0. The molecule has 0 aliphatic heterocycles. The third-order valence-corrected chi connectivity index (χ3v) is 5.94. The SMILES string of the molecule is CCN(CC)Cc1nc(Nc2ccc(CC#N)cc2)c2c(C)c(C)sc2n1. The Labute approximate surface area is 164 Å². The Balaban J connectivity index is 1.99. The topological polar surface area (TPSA) is 64.8 Å². The third-order valence-electron chi connectivity index (χ3n) is 4.83. The van der Waals surface area contributed by atoms with Crippen LogP contribution in [0.4, 0.5) is 11.5 Å². The number of nitrogens with one attached hydrogen (secondary N) is 1. The first-order chi connectivity index (χ1) is 13.0. The minimum atomic E-state index is 0.425. The Hall–Kier alpha value is -2.49. The summed E-state index contributed by atoms with van der Waals surface area (Å²) < 4.78 is 0. The molecule has 27 heavy (non-hydrogen) atoms. The minimum Gasteiger partial charge on any atom is -0.340 e. The van der Waals surface area contributed by atoms with E-state index in [1.54, 1.807) is 11.3 Å². The Morgan fingerprint density at radius 1 is 1.11 bits per heavy atom. The molecule has 0 amide bonds. The maximum Gasteiger partial charge on any atom is 0.146 e. The van der Waals surface area contributed by atoms with Crippen molar-refractivity contribution in [1.82, 2.24) is 14.9 Å². The highest BCUT2D eigenvalue weighted by Crippen LogP contribution is 2.34. The molecule has 0 saturated carbocycles. The molecule has 2 heterocycles. The monoisotopic (exact) mass is 379 g/mol. The van der Waals surface area contributed by atoms with Gasteiger partial charge < -0.3 is 5.32 Å². The number of aromatic nitrogens is 2. The number of nitriles is 1. The Kier molecular flexibility index (Phi) is 6.04. The van der Waals surface area contributed by atoms with Crippen LogP contribution in [-0.4, -0.2) is 28.0 Å². The van der Waals surface area contributed by atoms with Crippen molar-refractivity contribution < 1.29 is 0 Å². The number of benzene rings is 1. The molecule has 2 aromatic heterocycles. The minimum absolute atomic E-state index is 0.425. The van der Waals surface area contributed by atoms with Crippen molar-refractivity contribution in [2.45, 2.75) is 40.7 Å². The summed E-state index contributed by atoms with van der Waals surface area (Å²) in [5.74, 6) is 1.70. The van der Waals surface area contributed by atoms with Crippen LogP contribution in [0.3, 0.4) is 0 Å². The first-order valence-electron chi connectivity index (χ1n) is 9.27. The van der Waals surface area contributed by atoms with E-state index in [1.807, 2.05) is 24.3 Å². The molecule has 0 bridgehead atoms. The average molecular weight is 380 g/mol. The van der Waals surface area contributed by atoms with E-state index in [0.29, 0.717) is 6.42 Å². The predicted molar refractivity (Wildman–Crippen MR) is 113 cm³/mol. The molecule has 0 spiro atoms. The maximum atomic E-state index is 8.83. The van der Waals surface area contributed by atoms with Gasteiger partial charge in [-0.3, -0.25) is 4.90 Å². The zero-order valence-electron chi connectivity index (χ0n) is 16.3. The Bertz CT molecular complexity index is 965. The van der Waals surface area contributed by atoms with Gasteiger partial charge in [-0.05, 0) is 50.2 Å². The highest BCUT2D eigenvalue weighted by molar-refractivity contribution is 7.18. The van der Waals surface area contributed by atoms with Gasteiger partial charge in [0.1, 0.15) is 16.5 Å².